The molecule has 3 heterocycles. The number of aromatic nitrogens is 3. The lowest BCUT2D eigenvalue weighted by Crippen LogP contribution is -2.50. The van der Waals surface area contributed by atoms with E-state index in [0.717, 1.165) is 5.39 Å². The number of furan rings is 1. The van der Waals surface area contributed by atoms with Gasteiger partial charge in [0.25, 0.3) is 5.91 Å². The van der Waals surface area contributed by atoms with Crippen LogP contribution >= 0.6 is 0 Å². The molecule has 112 valence electrons. The molecular formula is C15H14N4O3. The second kappa shape index (κ2) is 4.87. The Bertz CT molecular complexity index is 819. The first kappa shape index (κ1) is 12.9. The fraction of sp³-hybridized carbons (Fsp3) is 0.267. The van der Waals surface area contributed by atoms with Crippen molar-refractivity contribution in [1.82, 2.24) is 19.9 Å². The summed E-state index contributed by atoms with van der Waals surface area (Å²) < 4.78 is 12.7. The third-order valence-electron chi connectivity index (χ3n) is 3.90. The van der Waals surface area contributed by atoms with Gasteiger partial charge in [-0.3, -0.25) is 4.79 Å². The fourth-order valence-electron chi connectivity index (χ4n) is 2.66. The van der Waals surface area contributed by atoms with Crippen LogP contribution in [0, 0.1) is 0 Å². The highest BCUT2D eigenvalue weighted by Crippen LogP contribution is 2.30. The molecule has 1 aromatic carbocycles. The quantitative estimate of drug-likeness (QED) is 0.736. The molecule has 0 saturated carbocycles. The number of ether oxygens (including phenoxy) is 1. The lowest BCUT2D eigenvalue weighted by molar-refractivity contribution is 0.0469. The van der Waals surface area contributed by atoms with Crippen molar-refractivity contribution >= 4 is 16.9 Å². The molecule has 1 fully saturated rings. The van der Waals surface area contributed by atoms with E-state index in [0.29, 0.717) is 30.2 Å². The normalized spacial score (nSPS) is 15.0. The number of benzene rings is 1. The molecule has 7 heteroatoms. The van der Waals surface area contributed by atoms with E-state index in [2.05, 4.69) is 10.3 Å². The van der Waals surface area contributed by atoms with Crippen LogP contribution < -0.4 is 4.74 Å². The van der Waals surface area contributed by atoms with Gasteiger partial charge in [0.1, 0.15) is 0 Å². The van der Waals surface area contributed by atoms with Crippen molar-refractivity contribution in [3.05, 3.63) is 42.4 Å². The van der Waals surface area contributed by atoms with Crippen LogP contribution in [0.2, 0.25) is 0 Å². The van der Waals surface area contributed by atoms with Gasteiger partial charge in [0.2, 0.25) is 0 Å². The number of carbonyl (C=O) groups excluding carboxylic acids is 1. The fourth-order valence-corrected chi connectivity index (χ4v) is 2.66. The van der Waals surface area contributed by atoms with Gasteiger partial charge in [0, 0.05) is 24.7 Å². The Morgan fingerprint density at radius 1 is 1.41 bits per heavy atom. The van der Waals surface area contributed by atoms with E-state index in [1.165, 1.54) is 0 Å². The standard InChI is InChI=1S/C15H14N4O3/c1-21-12-4-2-3-10-7-13(22-14(10)12)15(20)18-8-11(9-18)19-6-5-16-17-19/h2-7,11H,8-9H2,1H3. The van der Waals surface area contributed by atoms with E-state index < -0.39 is 0 Å². The number of nitrogens with zero attached hydrogens (tertiary/aromatic N) is 4. The maximum Gasteiger partial charge on any atom is 0.289 e. The molecule has 0 unspecified atom stereocenters. The molecule has 0 N–H and O–H groups in total. The lowest BCUT2D eigenvalue weighted by Gasteiger charge is -2.38. The third-order valence-corrected chi connectivity index (χ3v) is 3.90. The van der Waals surface area contributed by atoms with Gasteiger partial charge in [-0.15, -0.1) is 5.10 Å². The van der Waals surface area contributed by atoms with Gasteiger partial charge in [0.15, 0.2) is 17.1 Å². The Morgan fingerprint density at radius 3 is 3.00 bits per heavy atom. The Balaban J connectivity index is 1.54. The first-order chi connectivity index (χ1) is 10.8. The summed E-state index contributed by atoms with van der Waals surface area (Å²) in [6.07, 6.45) is 3.44. The molecule has 22 heavy (non-hydrogen) atoms. The largest absolute Gasteiger partial charge is 0.493 e. The molecule has 1 saturated heterocycles. The van der Waals surface area contributed by atoms with Crippen LogP contribution in [0.4, 0.5) is 0 Å². The highest BCUT2D eigenvalue weighted by molar-refractivity contribution is 5.97. The molecule has 0 aliphatic carbocycles. The summed E-state index contributed by atoms with van der Waals surface area (Å²) in [4.78, 5) is 14.2. The van der Waals surface area contributed by atoms with E-state index in [9.17, 15) is 4.79 Å². The van der Waals surface area contributed by atoms with Gasteiger partial charge in [0.05, 0.1) is 19.3 Å². The molecule has 1 aliphatic rings. The van der Waals surface area contributed by atoms with Crippen LogP contribution in [0.3, 0.4) is 0 Å². The topological polar surface area (TPSA) is 73.4 Å². The van der Waals surface area contributed by atoms with Crippen molar-refractivity contribution in [1.29, 1.82) is 0 Å². The zero-order valence-electron chi connectivity index (χ0n) is 12.0. The molecule has 3 aromatic rings. The number of fused-ring (bicyclic) bond motifs is 1. The van der Waals surface area contributed by atoms with Gasteiger partial charge in [-0.1, -0.05) is 17.3 Å². The predicted molar refractivity (Wildman–Crippen MR) is 77.7 cm³/mol. The minimum Gasteiger partial charge on any atom is -0.493 e. The van der Waals surface area contributed by atoms with Crippen molar-refractivity contribution in [2.45, 2.75) is 6.04 Å². The number of methoxy groups -OCH3 is 1. The summed E-state index contributed by atoms with van der Waals surface area (Å²) in [5.41, 5.74) is 0.599. The molecule has 1 amide bonds. The van der Waals surface area contributed by atoms with Gasteiger partial charge in [-0.05, 0) is 12.1 Å². The van der Waals surface area contributed by atoms with E-state index in [1.54, 1.807) is 35.2 Å². The highest BCUT2D eigenvalue weighted by atomic mass is 16.5. The predicted octanol–water partition coefficient (Wildman–Crippen LogP) is 1.73. The van der Waals surface area contributed by atoms with Crippen LogP contribution in [-0.4, -0.2) is 46.0 Å². The summed E-state index contributed by atoms with van der Waals surface area (Å²) in [7, 11) is 1.58. The first-order valence-electron chi connectivity index (χ1n) is 6.98. The van der Waals surface area contributed by atoms with Crippen molar-refractivity contribution in [3.63, 3.8) is 0 Å². The van der Waals surface area contributed by atoms with Gasteiger partial charge < -0.3 is 14.1 Å². The Morgan fingerprint density at radius 2 is 2.27 bits per heavy atom. The van der Waals surface area contributed by atoms with Crippen molar-refractivity contribution < 1.29 is 13.9 Å². The molecule has 0 spiro atoms. The SMILES string of the molecule is COc1cccc2cc(C(=O)N3CC(n4ccnn4)C3)oc12. The number of rotatable bonds is 3. The highest BCUT2D eigenvalue weighted by Gasteiger charge is 2.34. The Labute approximate surface area is 126 Å². The van der Waals surface area contributed by atoms with Crippen molar-refractivity contribution in [3.8, 4) is 5.75 Å². The minimum atomic E-state index is -0.116. The number of hydrogen-bond donors (Lipinski definition) is 0. The van der Waals surface area contributed by atoms with Crippen LogP contribution in [0.5, 0.6) is 5.75 Å². The maximum atomic E-state index is 12.5. The van der Waals surface area contributed by atoms with E-state index in [4.69, 9.17) is 9.15 Å². The van der Waals surface area contributed by atoms with E-state index in [-0.39, 0.29) is 11.9 Å². The monoisotopic (exact) mass is 298 g/mol. The molecule has 7 nitrogen and oxygen atoms in total. The number of likely N-dealkylation sites (tertiary alicyclic amines) is 1. The number of amides is 1. The summed E-state index contributed by atoms with van der Waals surface area (Å²) in [6, 6.07) is 7.51. The van der Waals surface area contributed by atoms with Crippen molar-refractivity contribution in [2.24, 2.45) is 0 Å². The minimum absolute atomic E-state index is 0.116. The van der Waals surface area contributed by atoms with Crippen LogP contribution in [0.25, 0.3) is 11.0 Å². The second-order valence-corrected chi connectivity index (χ2v) is 5.24. The average molecular weight is 298 g/mol. The zero-order chi connectivity index (χ0) is 15.1. The lowest BCUT2D eigenvalue weighted by atomic mass is 10.1. The summed E-state index contributed by atoms with van der Waals surface area (Å²) >= 11 is 0. The molecule has 4 rings (SSSR count). The smallest absolute Gasteiger partial charge is 0.289 e. The molecule has 2 aromatic heterocycles. The molecular weight excluding hydrogens is 284 g/mol. The summed E-state index contributed by atoms with van der Waals surface area (Å²) in [6.45, 7) is 1.22. The average Bonchev–Trinajstić information content (AvgIpc) is 3.14. The van der Waals surface area contributed by atoms with Gasteiger partial charge in [-0.25, -0.2) is 4.68 Å². The third kappa shape index (κ3) is 1.93. The first-order valence-corrected chi connectivity index (χ1v) is 6.98. The van der Waals surface area contributed by atoms with Gasteiger partial charge in [-0.2, -0.15) is 0 Å². The maximum absolute atomic E-state index is 12.5. The number of hydrogen-bond acceptors (Lipinski definition) is 5. The van der Waals surface area contributed by atoms with E-state index >= 15 is 0 Å². The summed E-state index contributed by atoms with van der Waals surface area (Å²) in [5, 5.41) is 8.59. The van der Waals surface area contributed by atoms with E-state index in [1.807, 2.05) is 18.2 Å². The molecule has 0 radical (unpaired) electrons. The zero-order valence-corrected chi connectivity index (χ0v) is 12.0. The number of carbonyl (C=O) groups is 1. The Kier molecular flexibility index (Phi) is 2.85. The molecule has 0 atom stereocenters. The Hall–Kier alpha value is -2.83. The second-order valence-electron chi connectivity index (χ2n) is 5.24. The summed E-state index contributed by atoms with van der Waals surface area (Å²) in [5.74, 6) is 0.840. The van der Waals surface area contributed by atoms with Gasteiger partial charge >= 0.3 is 0 Å². The van der Waals surface area contributed by atoms with Crippen LogP contribution in [0.15, 0.2) is 41.1 Å². The van der Waals surface area contributed by atoms with Crippen molar-refractivity contribution in [2.75, 3.05) is 20.2 Å². The van der Waals surface area contributed by atoms with Crippen LogP contribution in [-0.2, 0) is 0 Å². The molecule has 0 bridgehead atoms. The molecule has 1 aliphatic heterocycles. The van der Waals surface area contributed by atoms with Crippen LogP contribution in [0.1, 0.15) is 16.6 Å². The number of para-hydroxylation sites is 1.